The molecule has 0 unspecified atom stereocenters. The first kappa shape index (κ1) is 18.4. The SMILES string of the molecule is CC[C@H](C)c1ccc(C(=O)CSc2nnc(-c3cccs3)n2C2CC2)cc1. The molecule has 27 heavy (non-hydrogen) atoms. The maximum atomic E-state index is 12.6. The number of thiophene rings is 1. The third-order valence-electron chi connectivity index (χ3n) is 5.06. The molecule has 3 aromatic rings. The second-order valence-electron chi connectivity index (χ2n) is 7.03. The number of hydrogen-bond acceptors (Lipinski definition) is 5. The van der Waals surface area contributed by atoms with Gasteiger partial charge in [-0.1, -0.05) is 55.9 Å². The van der Waals surface area contributed by atoms with Crippen LogP contribution in [0.5, 0.6) is 0 Å². The van der Waals surface area contributed by atoms with Crippen LogP contribution in [0.1, 0.15) is 61.0 Å². The molecule has 1 atom stereocenters. The fourth-order valence-electron chi connectivity index (χ4n) is 3.06. The van der Waals surface area contributed by atoms with Gasteiger partial charge in [0.2, 0.25) is 0 Å². The number of carbonyl (C=O) groups excluding carboxylic acids is 1. The number of ketones is 1. The van der Waals surface area contributed by atoms with E-state index >= 15 is 0 Å². The van der Waals surface area contributed by atoms with Crippen molar-refractivity contribution in [2.24, 2.45) is 0 Å². The minimum Gasteiger partial charge on any atom is -0.298 e. The van der Waals surface area contributed by atoms with Crippen molar-refractivity contribution in [3.8, 4) is 10.7 Å². The van der Waals surface area contributed by atoms with Gasteiger partial charge in [-0.25, -0.2) is 0 Å². The lowest BCUT2D eigenvalue weighted by Crippen LogP contribution is -2.05. The van der Waals surface area contributed by atoms with Gasteiger partial charge in [0.1, 0.15) is 0 Å². The Bertz CT molecular complexity index is 912. The quantitative estimate of drug-likeness (QED) is 0.354. The predicted octanol–water partition coefficient (Wildman–Crippen LogP) is 5.83. The van der Waals surface area contributed by atoms with Gasteiger partial charge in [-0.3, -0.25) is 9.36 Å². The Labute approximate surface area is 168 Å². The molecular formula is C21H23N3OS2. The van der Waals surface area contributed by atoms with Crippen molar-refractivity contribution >= 4 is 28.9 Å². The third-order valence-corrected chi connectivity index (χ3v) is 6.87. The van der Waals surface area contributed by atoms with Crippen LogP contribution in [0.15, 0.2) is 46.9 Å². The van der Waals surface area contributed by atoms with E-state index in [1.807, 2.05) is 18.2 Å². The van der Waals surface area contributed by atoms with Crippen LogP contribution >= 0.6 is 23.1 Å². The van der Waals surface area contributed by atoms with E-state index in [1.165, 1.54) is 17.3 Å². The predicted molar refractivity (Wildman–Crippen MR) is 112 cm³/mol. The Kier molecular flexibility index (Phi) is 5.45. The van der Waals surface area contributed by atoms with Gasteiger partial charge in [-0.15, -0.1) is 21.5 Å². The molecule has 4 rings (SSSR count). The molecule has 1 fully saturated rings. The number of thioether (sulfide) groups is 1. The van der Waals surface area contributed by atoms with Crippen LogP contribution < -0.4 is 0 Å². The van der Waals surface area contributed by atoms with Crippen molar-refractivity contribution in [3.63, 3.8) is 0 Å². The molecule has 0 radical (unpaired) electrons. The Morgan fingerprint density at radius 1 is 1.26 bits per heavy atom. The second kappa shape index (κ2) is 7.98. The average Bonchev–Trinajstić information content (AvgIpc) is 3.22. The Morgan fingerprint density at radius 3 is 2.67 bits per heavy atom. The molecule has 1 saturated carbocycles. The largest absolute Gasteiger partial charge is 0.298 e. The number of nitrogens with zero attached hydrogens (tertiary/aromatic N) is 3. The van der Waals surface area contributed by atoms with E-state index in [-0.39, 0.29) is 5.78 Å². The van der Waals surface area contributed by atoms with Gasteiger partial charge in [0.25, 0.3) is 0 Å². The number of hydrogen-bond donors (Lipinski definition) is 0. The van der Waals surface area contributed by atoms with Crippen molar-refractivity contribution < 1.29 is 4.79 Å². The molecule has 2 heterocycles. The fourth-order valence-corrected chi connectivity index (χ4v) is 4.66. The molecule has 0 N–H and O–H groups in total. The minimum absolute atomic E-state index is 0.138. The molecule has 1 aliphatic carbocycles. The van der Waals surface area contributed by atoms with E-state index in [9.17, 15) is 4.79 Å². The van der Waals surface area contributed by atoms with Crippen LogP contribution in [-0.4, -0.2) is 26.3 Å². The summed E-state index contributed by atoms with van der Waals surface area (Å²) < 4.78 is 2.22. The minimum atomic E-state index is 0.138. The molecule has 6 heteroatoms. The van der Waals surface area contributed by atoms with Crippen molar-refractivity contribution in [2.45, 2.75) is 50.2 Å². The van der Waals surface area contributed by atoms with Crippen LogP contribution in [0.4, 0.5) is 0 Å². The van der Waals surface area contributed by atoms with E-state index in [1.54, 1.807) is 11.3 Å². The van der Waals surface area contributed by atoms with E-state index in [4.69, 9.17) is 0 Å². The van der Waals surface area contributed by atoms with Crippen LogP contribution in [0.2, 0.25) is 0 Å². The molecule has 4 nitrogen and oxygen atoms in total. The highest BCUT2D eigenvalue weighted by molar-refractivity contribution is 7.99. The lowest BCUT2D eigenvalue weighted by Gasteiger charge is -2.10. The van der Waals surface area contributed by atoms with Gasteiger partial charge in [0.05, 0.1) is 10.6 Å². The van der Waals surface area contributed by atoms with Crippen LogP contribution in [0.25, 0.3) is 10.7 Å². The fraction of sp³-hybridized carbons (Fsp3) is 0.381. The number of benzene rings is 1. The van der Waals surface area contributed by atoms with E-state index in [0.29, 0.717) is 17.7 Å². The first-order valence-electron chi connectivity index (χ1n) is 9.42. The number of Topliss-reactive ketones (excluding diaryl/α,β-unsaturated/α-hetero) is 1. The van der Waals surface area contributed by atoms with Gasteiger partial charge in [0.15, 0.2) is 16.8 Å². The summed E-state index contributed by atoms with van der Waals surface area (Å²) in [5, 5.41) is 11.7. The maximum Gasteiger partial charge on any atom is 0.192 e. The first-order valence-corrected chi connectivity index (χ1v) is 11.3. The summed E-state index contributed by atoms with van der Waals surface area (Å²) >= 11 is 3.17. The summed E-state index contributed by atoms with van der Waals surface area (Å²) in [5.74, 6) is 1.98. The summed E-state index contributed by atoms with van der Waals surface area (Å²) in [4.78, 5) is 13.8. The zero-order valence-electron chi connectivity index (χ0n) is 15.6. The first-order chi connectivity index (χ1) is 13.2. The van der Waals surface area contributed by atoms with Gasteiger partial charge in [-0.2, -0.15) is 0 Å². The number of rotatable bonds is 8. The Morgan fingerprint density at radius 2 is 2.04 bits per heavy atom. The molecule has 0 aliphatic heterocycles. The summed E-state index contributed by atoms with van der Waals surface area (Å²) in [7, 11) is 0. The van der Waals surface area contributed by atoms with E-state index < -0.39 is 0 Å². The molecule has 0 bridgehead atoms. The highest BCUT2D eigenvalue weighted by atomic mass is 32.2. The Hall–Kier alpha value is -1.92. The molecule has 2 aromatic heterocycles. The molecule has 0 amide bonds. The van der Waals surface area contributed by atoms with Crippen molar-refractivity contribution in [3.05, 3.63) is 52.9 Å². The number of aromatic nitrogens is 3. The molecule has 0 spiro atoms. The maximum absolute atomic E-state index is 12.6. The second-order valence-corrected chi connectivity index (χ2v) is 8.92. The highest BCUT2D eigenvalue weighted by Crippen LogP contribution is 2.41. The zero-order chi connectivity index (χ0) is 18.8. The summed E-state index contributed by atoms with van der Waals surface area (Å²) in [6, 6.07) is 12.6. The molecule has 0 saturated heterocycles. The van der Waals surface area contributed by atoms with E-state index in [2.05, 4.69) is 52.2 Å². The molecule has 140 valence electrons. The summed E-state index contributed by atoms with van der Waals surface area (Å²) in [5.41, 5.74) is 2.06. The van der Waals surface area contributed by atoms with Gasteiger partial charge >= 0.3 is 0 Å². The summed E-state index contributed by atoms with van der Waals surface area (Å²) in [6.07, 6.45) is 3.43. The van der Waals surface area contributed by atoms with Gasteiger partial charge < -0.3 is 0 Å². The van der Waals surface area contributed by atoms with Crippen LogP contribution in [0.3, 0.4) is 0 Å². The number of carbonyl (C=O) groups is 1. The summed E-state index contributed by atoms with van der Waals surface area (Å²) in [6.45, 7) is 4.39. The monoisotopic (exact) mass is 397 g/mol. The van der Waals surface area contributed by atoms with Crippen molar-refractivity contribution in [1.29, 1.82) is 0 Å². The average molecular weight is 398 g/mol. The lowest BCUT2D eigenvalue weighted by molar-refractivity contribution is 0.102. The zero-order valence-corrected chi connectivity index (χ0v) is 17.2. The smallest absolute Gasteiger partial charge is 0.192 e. The standard InChI is InChI=1S/C21H23N3OS2/c1-3-14(2)15-6-8-16(9-7-15)18(25)13-27-21-23-22-20(19-5-4-12-26-19)24(21)17-10-11-17/h4-9,12,14,17H,3,10-11,13H2,1-2H3/t14-/m0/s1. The van der Waals surface area contributed by atoms with Crippen molar-refractivity contribution in [1.82, 2.24) is 14.8 Å². The third kappa shape index (κ3) is 4.01. The van der Waals surface area contributed by atoms with Crippen LogP contribution in [-0.2, 0) is 0 Å². The topological polar surface area (TPSA) is 47.8 Å². The van der Waals surface area contributed by atoms with E-state index in [0.717, 1.165) is 40.7 Å². The molecule has 1 aromatic carbocycles. The lowest BCUT2D eigenvalue weighted by atomic mass is 9.97. The molecule has 1 aliphatic rings. The van der Waals surface area contributed by atoms with Gasteiger partial charge in [-0.05, 0) is 42.2 Å². The van der Waals surface area contributed by atoms with Crippen LogP contribution in [0, 0.1) is 0 Å². The van der Waals surface area contributed by atoms with Crippen molar-refractivity contribution in [2.75, 3.05) is 5.75 Å². The van der Waals surface area contributed by atoms with Gasteiger partial charge in [0, 0.05) is 11.6 Å². The Balaban J connectivity index is 1.46. The normalized spacial score (nSPS) is 15.0. The molecular weight excluding hydrogens is 374 g/mol. The highest BCUT2D eigenvalue weighted by Gasteiger charge is 2.30.